The summed E-state index contributed by atoms with van der Waals surface area (Å²) in [7, 11) is 0. The second-order valence-corrected chi connectivity index (χ2v) is 5.01. The number of carbonyl (C=O) groups is 1. The highest BCUT2D eigenvalue weighted by Crippen LogP contribution is 2.16. The topological polar surface area (TPSA) is 55.1 Å². The van der Waals surface area contributed by atoms with Crippen molar-refractivity contribution in [2.45, 2.75) is 19.8 Å². The first-order chi connectivity index (χ1) is 10.1. The lowest BCUT2D eigenvalue weighted by molar-refractivity contribution is 0.102. The Kier molecular flexibility index (Phi) is 5.06. The molecule has 2 aromatic rings. The predicted octanol–water partition coefficient (Wildman–Crippen LogP) is 3.28. The van der Waals surface area contributed by atoms with Crippen LogP contribution in [-0.4, -0.2) is 12.5 Å². The molecule has 0 saturated heterocycles. The molecular formula is C17H19FN2O. The fraction of sp³-hybridized carbons (Fsp3) is 0.235. The number of nitrogens with one attached hydrogen (secondary N) is 1. The third-order valence-electron chi connectivity index (χ3n) is 3.29. The summed E-state index contributed by atoms with van der Waals surface area (Å²) in [5.41, 5.74) is 8.46. The molecule has 3 nitrogen and oxygen atoms in total. The molecule has 110 valence electrons. The van der Waals surface area contributed by atoms with Gasteiger partial charge in [-0.1, -0.05) is 12.1 Å². The third kappa shape index (κ3) is 4.13. The molecule has 0 aliphatic carbocycles. The summed E-state index contributed by atoms with van der Waals surface area (Å²) in [6.07, 6.45) is 1.80. The standard InChI is InChI=1S/C17H19FN2O/c1-12-10-14(18)7-8-16(12)17(21)20-15-6-2-4-13(11-15)5-3-9-19/h2,4,6-8,10-11H,3,5,9,19H2,1H3,(H,20,21). The SMILES string of the molecule is Cc1cc(F)ccc1C(=O)Nc1cccc(CCCN)c1. The molecule has 0 radical (unpaired) electrons. The van der Waals surface area contributed by atoms with Crippen LogP contribution in [0.3, 0.4) is 0 Å². The largest absolute Gasteiger partial charge is 0.330 e. The lowest BCUT2D eigenvalue weighted by atomic mass is 10.1. The summed E-state index contributed by atoms with van der Waals surface area (Å²) in [6.45, 7) is 2.36. The van der Waals surface area contributed by atoms with Crippen molar-refractivity contribution in [3.05, 3.63) is 65.0 Å². The molecule has 0 aromatic heterocycles. The fourth-order valence-electron chi connectivity index (χ4n) is 2.19. The number of hydrogen-bond acceptors (Lipinski definition) is 2. The smallest absolute Gasteiger partial charge is 0.255 e. The van der Waals surface area contributed by atoms with Gasteiger partial charge in [-0.25, -0.2) is 4.39 Å². The van der Waals surface area contributed by atoms with Crippen molar-refractivity contribution in [3.8, 4) is 0 Å². The Labute approximate surface area is 124 Å². The van der Waals surface area contributed by atoms with E-state index in [1.807, 2.05) is 24.3 Å². The summed E-state index contributed by atoms with van der Waals surface area (Å²) < 4.78 is 13.1. The van der Waals surface area contributed by atoms with Crippen LogP contribution >= 0.6 is 0 Å². The minimum atomic E-state index is -0.340. The van der Waals surface area contributed by atoms with Crippen LogP contribution in [0.25, 0.3) is 0 Å². The molecule has 0 aliphatic heterocycles. The average Bonchev–Trinajstić information content (AvgIpc) is 2.45. The van der Waals surface area contributed by atoms with Gasteiger partial charge in [-0.05, 0) is 67.8 Å². The molecule has 2 rings (SSSR count). The minimum absolute atomic E-state index is 0.233. The van der Waals surface area contributed by atoms with Crippen molar-refractivity contribution in [1.29, 1.82) is 0 Å². The maximum atomic E-state index is 13.1. The summed E-state index contributed by atoms with van der Waals surface area (Å²) in [5, 5.41) is 2.84. The maximum absolute atomic E-state index is 13.1. The van der Waals surface area contributed by atoms with Crippen molar-refractivity contribution in [2.75, 3.05) is 11.9 Å². The molecule has 0 fully saturated rings. The van der Waals surface area contributed by atoms with Gasteiger partial charge in [-0.15, -0.1) is 0 Å². The number of nitrogens with two attached hydrogens (primary N) is 1. The van der Waals surface area contributed by atoms with E-state index in [9.17, 15) is 9.18 Å². The molecule has 0 spiro atoms. The van der Waals surface area contributed by atoms with Crippen LogP contribution in [0, 0.1) is 12.7 Å². The van der Waals surface area contributed by atoms with Crippen molar-refractivity contribution in [2.24, 2.45) is 5.73 Å². The molecule has 2 aromatic carbocycles. The first-order valence-electron chi connectivity index (χ1n) is 6.96. The second kappa shape index (κ2) is 6.99. The number of rotatable bonds is 5. The van der Waals surface area contributed by atoms with E-state index < -0.39 is 0 Å². The lowest BCUT2D eigenvalue weighted by Crippen LogP contribution is -2.13. The molecule has 0 saturated carbocycles. The van der Waals surface area contributed by atoms with Gasteiger partial charge in [0, 0.05) is 11.3 Å². The van der Waals surface area contributed by atoms with Gasteiger partial charge in [-0.2, -0.15) is 0 Å². The van der Waals surface area contributed by atoms with Gasteiger partial charge in [-0.3, -0.25) is 4.79 Å². The van der Waals surface area contributed by atoms with Crippen LogP contribution in [0.4, 0.5) is 10.1 Å². The first kappa shape index (κ1) is 15.2. The third-order valence-corrected chi connectivity index (χ3v) is 3.29. The normalized spacial score (nSPS) is 10.4. The van der Waals surface area contributed by atoms with E-state index in [0.29, 0.717) is 17.7 Å². The van der Waals surface area contributed by atoms with Crippen molar-refractivity contribution >= 4 is 11.6 Å². The van der Waals surface area contributed by atoms with E-state index in [-0.39, 0.29) is 11.7 Å². The highest BCUT2D eigenvalue weighted by atomic mass is 19.1. The van der Waals surface area contributed by atoms with Gasteiger partial charge < -0.3 is 11.1 Å². The molecule has 0 aliphatic rings. The first-order valence-corrected chi connectivity index (χ1v) is 6.96. The second-order valence-electron chi connectivity index (χ2n) is 5.01. The molecule has 0 atom stereocenters. The van der Waals surface area contributed by atoms with E-state index in [0.717, 1.165) is 24.1 Å². The van der Waals surface area contributed by atoms with E-state index >= 15 is 0 Å². The molecule has 1 amide bonds. The maximum Gasteiger partial charge on any atom is 0.255 e. The van der Waals surface area contributed by atoms with E-state index in [4.69, 9.17) is 5.73 Å². The average molecular weight is 286 g/mol. The number of benzene rings is 2. The van der Waals surface area contributed by atoms with Crippen LogP contribution in [0.5, 0.6) is 0 Å². The zero-order valence-electron chi connectivity index (χ0n) is 12.0. The summed E-state index contributed by atoms with van der Waals surface area (Å²) in [6, 6.07) is 11.8. The number of amides is 1. The summed E-state index contributed by atoms with van der Waals surface area (Å²) >= 11 is 0. The molecular weight excluding hydrogens is 267 g/mol. The Hall–Kier alpha value is -2.20. The van der Waals surface area contributed by atoms with E-state index in [1.54, 1.807) is 6.92 Å². The number of anilines is 1. The Morgan fingerprint density at radius 1 is 1.24 bits per heavy atom. The molecule has 0 unspecified atom stereocenters. The van der Waals surface area contributed by atoms with Gasteiger partial charge in [0.15, 0.2) is 0 Å². The summed E-state index contributed by atoms with van der Waals surface area (Å²) in [5.74, 6) is -0.573. The Bertz CT molecular complexity index is 640. The van der Waals surface area contributed by atoms with Crippen LogP contribution in [0.1, 0.15) is 27.9 Å². The minimum Gasteiger partial charge on any atom is -0.330 e. The summed E-state index contributed by atoms with van der Waals surface area (Å²) in [4.78, 5) is 12.2. The quantitative estimate of drug-likeness (QED) is 0.886. The van der Waals surface area contributed by atoms with Gasteiger partial charge in [0.1, 0.15) is 5.82 Å². The molecule has 0 heterocycles. The van der Waals surface area contributed by atoms with Gasteiger partial charge >= 0.3 is 0 Å². The van der Waals surface area contributed by atoms with Crippen molar-refractivity contribution in [3.63, 3.8) is 0 Å². The number of halogens is 1. The zero-order valence-corrected chi connectivity index (χ0v) is 12.0. The van der Waals surface area contributed by atoms with E-state index in [2.05, 4.69) is 5.32 Å². The lowest BCUT2D eigenvalue weighted by Gasteiger charge is -2.09. The Morgan fingerprint density at radius 3 is 2.76 bits per heavy atom. The number of aryl methyl sites for hydroxylation is 2. The van der Waals surface area contributed by atoms with Crippen LogP contribution in [-0.2, 0) is 6.42 Å². The van der Waals surface area contributed by atoms with Gasteiger partial charge in [0.2, 0.25) is 0 Å². The van der Waals surface area contributed by atoms with E-state index in [1.165, 1.54) is 18.2 Å². The Morgan fingerprint density at radius 2 is 2.05 bits per heavy atom. The van der Waals surface area contributed by atoms with Gasteiger partial charge in [0.25, 0.3) is 5.91 Å². The fourth-order valence-corrected chi connectivity index (χ4v) is 2.19. The Balaban J connectivity index is 2.12. The zero-order chi connectivity index (χ0) is 15.2. The van der Waals surface area contributed by atoms with Crippen LogP contribution < -0.4 is 11.1 Å². The van der Waals surface area contributed by atoms with Crippen molar-refractivity contribution < 1.29 is 9.18 Å². The molecule has 0 bridgehead atoms. The molecule has 3 N–H and O–H groups in total. The van der Waals surface area contributed by atoms with Gasteiger partial charge in [0.05, 0.1) is 0 Å². The predicted molar refractivity (Wildman–Crippen MR) is 82.9 cm³/mol. The highest BCUT2D eigenvalue weighted by Gasteiger charge is 2.10. The molecule has 21 heavy (non-hydrogen) atoms. The number of hydrogen-bond donors (Lipinski definition) is 2. The monoisotopic (exact) mass is 286 g/mol. The van der Waals surface area contributed by atoms with Crippen LogP contribution in [0.15, 0.2) is 42.5 Å². The van der Waals surface area contributed by atoms with Crippen LogP contribution in [0.2, 0.25) is 0 Å². The highest BCUT2D eigenvalue weighted by molar-refractivity contribution is 6.05. The number of carbonyl (C=O) groups excluding carboxylic acids is 1. The van der Waals surface area contributed by atoms with Crippen molar-refractivity contribution in [1.82, 2.24) is 0 Å². The molecule has 4 heteroatoms.